The van der Waals surface area contributed by atoms with Crippen molar-refractivity contribution in [1.29, 1.82) is 0 Å². The predicted molar refractivity (Wildman–Crippen MR) is 73.9 cm³/mol. The van der Waals surface area contributed by atoms with Crippen LogP contribution in [0.5, 0.6) is 0 Å². The van der Waals surface area contributed by atoms with Crippen LogP contribution in [0.25, 0.3) is 6.08 Å². The molecule has 0 amide bonds. The fraction of sp³-hybridized carbons (Fsp3) is 0.375. The lowest BCUT2D eigenvalue weighted by atomic mass is 9.91. The largest absolute Gasteiger partial charge is 0.481 e. The van der Waals surface area contributed by atoms with Gasteiger partial charge in [-0.3, -0.25) is 9.59 Å². The number of Topliss-reactive ketones (excluding diaryl/α,β-unsaturated/α-hetero) is 1. The first-order chi connectivity index (χ1) is 9.08. The highest BCUT2D eigenvalue weighted by Gasteiger charge is 2.15. The number of carboxylic acid groups (broad SMARTS) is 1. The normalized spacial score (nSPS) is 19.4. The van der Waals surface area contributed by atoms with Crippen molar-refractivity contribution in [1.82, 2.24) is 0 Å². The number of carbonyl (C=O) groups is 2. The molecule has 100 valence electrons. The molecule has 3 nitrogen and oxygen atoms in total. The Bertz CT molecular complexity index is 511. The number of ketones is 1. The molecule has 1 fully saturated rings. The topological polar surface area (TPSA) is 54.4 Å². The van der Waals surface area contributed by atoms with E-state index in [2.05, 4.69) is 0 Å². The summed E-state index contributed by atoms with van der Waals surface area (Å²) in [7, 11) is 0. The molecular weight excluding hydrogens is 240 g/mol. The van der Waals surface area contributed by atoms with Gasteiger partial charge in [-0.15, -0.1) is 0 Å². The molecule has 1 atom stereocenters. The molecule has 0 radical (unpaired) electrons. The van der Waals surface area contributed by atoms with Crippen LogP contribution in [-0.2, 0) is 9.59 Å². The van der Waals surface area contributed by atoms with Crippen molar-refractivity contribution in [2.24, 2.45) is 0 Å². The van der Waals surface area contributed by atoms with Gasteiger partial charge in [0.15, 0.2) is 5.78 Å². The fourth-order valence-corrected chi connectivity index (χ4v) is 2.28. The Morgan fingerprint density at radius 1 is 1.21 bits per heavy atom. The van der Waals surface area contributed by atoms with Crippen LogP contribution < -0.4 is 0 Å². The van der Waals surface area contributed by atoms with E-state index in [1.54, 1.807) is 6.92 Å². The van der Waals surface area contributed by atoms with Gasteiger partial charge in [0.1, 0.15) is 0 Å². The summed E-state index contributed by atoms with van der Waals surface area (Å²) in [6.45, 7) is 1.67. The van der Waals surface area contributed by atoms with Gasteiger partial charge in [0.2, 0.25) is 0 Å². The molecule has 0 aliphatic heterocycles. The maximum absolute atomic E-state index is 11.7. The van der Waals surface area contributed by atoms with E-state index in [4.69, 9.17) is 5.11 Å². The second-order valence-electron chi connectivity index (χ2n) is 5.03. The van der Waals surface area contributed by atoms with E-state index in [0.717, 1.165) is 36.0 Å². The summed E-state index contributed by atoms with van der Waals surface area (Å²) in [6, 6.07) is 7.39. The van der Waals surface area contributed by atoms with Crippen LogP contribution in [0.1, 0.15) is 49.7 Å². The number of hydrogen-bond acceptors (Lipinski definition) is 2. The van der Waals surface area contributed by atoms with E-state index < -0.39 is 11.9 Å². The van der Waals surface area contributed by atoms with E-state index in [1.165, 1.54) is 0 Å². The van der Waals surface area contributed by atoms with Gasteiger partial charge < -0.3 is 5.11 Å². The van der Waals surface area contributed by atoms with Crippen molar-refractivity contribution < 1.29 is 14.7 Å². The van der Waals surface area contributed by atoms with E-state index in [0.29, 0.717) is 6.42 Å². The maximum atomic E-state index is 11.7. The molecule has 3 heteroatoms. The quantitative estimate of drug-likeness (QED) is 0.845. The number of allylic oxidation sites excluding steroid dienone is 1. The molecule has 0 unspecified atom stereocenters. The Hall–Kier alpha value is -1.90. The lowest BCUT2D eigenvalue weighted by Gasteiger charge is -2.12. The zero-order valence-electron chi connectivity index (χ0n) is 11.1. The SMILES string of the molecule is C[C@H](C(=O)O)c1ccc(C=C2CCCCC2=O)cc1. The summed E-state index contributed by atoms with van der Waals surface area (Å²) >= 11 is 0. The zero-order valence-corrected chi connectivity index (χ0v) is 11.1. The molecule has 1 aromatic carbocycles. The molecular formula is C16H18O3. The van der Waals surface area contributed by atoms with E-state index >= 15 is 0 Å². The van der Waals surface area contributed by atoms with Crippen LogP contribution in [-0.4, -0.2) is 16.9 Å². The lowest BCUT2D eigenvalue weighted by molar-refractivity contribution is -0.138. The van der Waals surface area contributed by atoms with Crippen LogP contribution >= 0.6 is 0 Å². The standard InChI is InChI=1S/C16H18O3/c1-11(16(18)19)13-8-6-12(7-9-13)10-14-4-2-3-5-15(14)17/h6-11H,2-5H2,1H3,(H,18,19)/t11-/m0/s1. The molecule has 0 heterocycles. The second-order valence-corrected chi connectivity index (χ2v) is 5.03. The second kappa shape index (κ2) is 5.83. The highest BCUT2D eigenvalue weighted by atomic mass is 16.4. The van der Waals surface area contributed by atoms with Crippen LogP contribution in [0, 0.1) is 0 Å². The van der Waals surface area contributed by atoms with E-state index in [9.17, 15) is 9.59 Å². The average molecular weight is 258 g/mol. The Morgan fingerprint density at radius 3 is 2.42 bits per heavy atom. The van der Waals surface area contributed by atoms with Gasteiger partial charge in [0, 0.05) is 6.42 Å². The third-order valence-electron chi connectivity index (χ3n) is 3.61. The first-order valence-corrected chi connectivity index (χ1v) is 6.64. The number of hydrogen-bond donors (Lipinski definition) is 1. The molecule has 19 heavy (non-hydrogen) atoms. The van der Waals surface area contributed by atoms with Gasteiger partial charge in [0.25, 0.3) is 0 Å². The zero-order chi connectivity index (χ0) is 13.8. The van der Waals surface area contributed by atoms with Crippen molar-refractivity contribution in [3.05, 3.63) is 41.0 Å². The number of aliphatic carboxylic acids is 1. The first-order valence-electron chi connectivity index (χ1n) is 6.64. The molecule has 2 rings (SSSR count). The third kappa shape index (κ3) is 3.31. The first kappa shape index (κ1) is 13.5. The van der Waals surface area contributed by atoms with Gasteiger partial charge in [-0.2, -0.15) is 0 Å². The van der Waals surface area contributed by atoms with E-state index in [1.807, 2.05) is 30.3 Å². The highest BCUT2D eigenvalue weighted by Crippen LogP contribution is 2.23. The van der Waals surface area contributed by atoms with Crippen molar-refractivity contribution in [2.75, 3.05) is 0 Å². The molecule has 1 aromatic rings. The van der Waals surface area contributed by atoms with Crippen LogP contribution in [0.2, 0.25) is 0 Å². The van der Waals surface area contributed by atoms with Crippen LogP contribution in [0.3, 0.4) is 0 Å². The van der Waals surface area contributed by atoms with Gasteiger partial charge in [-0.25, -0.2) is 0 Å². The van der Waals surface area contributed by atoms with Crippen LogP contribution in [0.4, 0.5) is 0 Å². The minimum Gasteiger partial charge on any atom is -0.481 e. The minimum atomic E-state index is -0.825. The molecule has 0 bridgehead atoms. The molecule has 0 spiro atoms. The van der Waals surface area contributed by atoms with Gasteiger partial charge in [-0.05, 0) is 49.0 Å². The summed E-state index contributed by atoms with van der Waals surface area (Å²) in [5.74, 6) is -1.08. The molecule has 1 saturated carbocycles. The highest BCUT2D eigenvalue weighted by molar-refractivity contribution is 6.00. The molecule has 1 aliphatic rings. The van der Waals surface area contributed by atoms with Crippen molar-refractivity contribution in [2.45, 2.75) is 38.5 Å². The lowest BCUT2D eigenvalue weighted by Crippen LogP contribution is -2.08. The monoisotopic (exact) mass is 258 g/mol. The number of carboxylic acids is 1. The minimum absolute atomic E-state index is 0.245. The summed E-state index contributed by atoms with van der Waals surface area (Å²) in [6.07, 6.45) is 5.50. The van der Waals surface area contributed by atoms with Crippen molar-refractivity contribution in [3.63, 3.8) is 0 Å². The fourth-order valence-electron chi connectivity index (χ4n) is 2.28. The number of rotatable bonds is 3. The Kier molecular flexibility index (Phi) is 4.15. The third-order valence-corrected chi connectivity index (χ3v) is 3.61. The molecule has 1 aliphatic carbocycles. The maximum Gasteiger partial charge on any atom is 0.310 e. The summed E-state index contributed by atoms with van der Waals surface area (Å²) in [5.41, 5.74) is 2.64. The van der Waals surface area contributed by atoms with Crippen molar-refractivity contribution in [3.8, 4) is 0 Å². The summed E-state index contributed by atoms with van der Waals surface area (Å²) in [4.78, 5) is 22.6. The van der Waals surface area contributed by atoms with Crippen molar-refractivity contribution >= 4 is 17.8 Å². The molecule has 0 aromatic heterocycles. The summed E-state index contributed by atoms with van der Waals surface area (Å²) < 4.78 is 0. The molecule has 0 saturated heterocycles. The van der Waals surface area contributed by atoms with Gasteiger partial charge in [0.05, 0.1) is 5.92 Å². The Labute approximate surface area is 113 Å². The Morgan fingerprint density at radius 2 is 1.84 bits per heavy atom. The Balaban J connectivity index is 2.16. The van der Waals surface area contributed by atoms with Gasteiger partial charge in [-0.1, -0.05) is 24.3 Å². The predicted octanol–water partition coefficient (Wildman–Crippen LogP) is 3.40. The number of carbonyl (C=O) groups excluding carboxylic acids is 1. The van der Waals surface area contributed by atoms with Crippen LogP contribution in [0.15, 0.2) is 29.8 Å². The van der Waals surface area contributed by atoms with E-state index in [-0.39, 0.29) is 5.78 Å². The smallest absolute Gasteiger partial charge is 0.310 e. The average Bonchev–Trinajstić information content (AvgIpc) is 2.41. The molecule has 1 N–H and O–H groups in total. The summed E-state index contributed by atoms with van der Waals surface area (Å²) in [5, 5.41) is 8.94. The number of benzene rings is 1. The van der Waals surface area contributed by atoms with Gasteiger partial charge >= 0.3 is 5.97 Å².